The van der Waals surface area contributed by atoms with Crippen molar-refractivity contribution in [3.05, 3.63) is 60.4 Å². The van der Waals surface area contributed by atoms with Gasteiger partial charge in [-0.2, -0.15) is 4.31 Å². The number of hydrogen-bond donors (Lipinski definition) is 3. The number of sulfonamides is 1. The van der Waals surface area contributed by atoms with E-state index >= 15 is 0 Å². The number of likely N-dealkylation sites (N-methyl/N-ethyl adjacent to an activating group) is 1. The summed E-state index contributed by atoms with van der Waals surface area (Å²) in [6, 6.07) is 13.1. The molecule has 1 saturated heterocycles. The van der Waals surface area contributed by atoms with Crippen molar-refractivity contribution in [3.8, 4) is 0 Å². The number of carbonyl (C=O) groups excluding carboxylic acids is 1. The zero-order valence-electron chi connectivity index (χ0n) is 17.4. The van der Waals surface area contributed by atoms with E-state index in [1.165, 1.54) is 12.1 Å². The highest BCUT2D eigenvalue weighted by Gasteiger charge is 2.49. The van der Waals surface area contributed by atoms with Gasteiger partial charge in [-0.25, -0.2) is 8.42 Å². The average Bonchev–Trinajstić information content (AvgIpc) is 3.07. The Morgan fingerprint density at radius 2 is 1.97 bits per heavy atom. The van der Waals surface area contributed by atoms with Crippen molar-refractivity contribution in [2.75, 3.05) is 39.8 Å². The van der Waals surface area contributed by atoms with Crippen molar-refractivity contribution in [1.82, 2.24) is 19.5 Å². The molecule has 168 valence electrons. The maximum absolute atomic E-state index is 12.8. The summed E-state index contributed by atoms with van der Waals surface area (Å²) in [5.41, 5.74) is -1.23. The van der Waals surface area contributed by atoms with Crippen molar-refractivity contribution >= 4 is 15.9 Å². The number of β-amino-alcohol motifs (C(OH)–C–C–N with tert-alkyl or cyclic N) is 2. The first-order chi connectivity index (χ1) is 14.7. The number of pyridine rings is 1. The van der Waals surface area contributed by atoms with Crippen molar-refractivity contribution in [3.63, 3.8) is 0 Å². The molecule has 0 spiro atoms. The molecular formula is C21H28N4O5S. The molecular weight excluding hydrogens is 420 g/mol. The minimum atomic E-state index is -3.79. The van der Waals surface area contributed by atoms with Gasteiger partial charge in [-0.3, -0.25) is 9.78 Å². The van der Waals surface area contributed by atoms with Crippen LogP contribution in [0.4, 0.5) is 0 Å². The number of nitrogens with zero attached hydrogens (tertiary/aromatic N) is 3. The monoisotopic (exact) mass is 448 g/mol. The van der Waals surface area contributed by atoms with Gasteiger partial charge in [-0.05, 0) is 44.3 Å². The third kappa shape index (κ3) is 5.66. The second-order valence-electron chi connectivity index (χ2n) is 7.79. The number of aliphatic hydroxyl groups is 2. The maximum atomic E-state index is 12.8. The van der Waals surface area contributed by atoms with Gasteiger partial charge in [-0.1, -0.05) is 24.3 Å². The van der Waals surface area contributed by atoms with Crippen LogP contribution in [0.2, 0.25) is 0 Å². The number of carbonyl (C=O) groups is 1. The van der Waals surface area contributed by atoms with Gasteiger partial charge in [-0.15, -0.1) is 0 Å². The smallest absolute Gasteiger partial charge is 0.269 e. The summed E-state index contributed by atoms with van der Waals surface area (Å²) in [5, 5.41) is 24.1. The molecule has 1 aromatic heterocycles. The Hall–Kier alpha value is -2.37. The van der Waals surface area contributed by atoms with E-state index in [0.29, 0.717) is 25.2 Å². The van der Waals surface area contributed by atoms with Gasteiger partial charge in [0.05, 0.1) is 11.0 Å². The average molecular weight is 449 g/mol. The Morgan fingerprint density at radius 3 is 2.65 bits per heavy atom. The van der Waals surface area contributed by atoms with Crippen LogP contribution in [0.3, 0.4) is 0 Å². The van der Waals surface area contributed by atoms with Gasteiger partial charge in [0.25, 0.3) is 5.91 Å². The lowest BCUT2D eigenvalue weighted by molar-refractivity contribution is -0.0572. The van der Waals surface area contributed by atoms with Gasteiger partial charge < -0.3 is 20.4 Å². The third-order valence-corrected chi connectivity index (χ3v) is 7.10. The summed E-state index contributed by atoms with van der Waals surface area (Å²) >= 11 is 0. The Balaban J connectivity index is 1.49. The highest BCUT2D eigenvalue weighted by molar-refractivity contribution is 7.89. The SMILES string of the molecule is CN(CCCNC(=O)c1ccccn1)C[C@]1(O)CN(S(=O)(=O)c2ccccc2)C[C@H]1O. The molecule has 1 aromatic carbocycles. The van der Waals surface area contributed by atoms with Crippen LogP contribution >= 0.6 is 0 Å². The number of hydrogen-bond acceptors (Lipinski definition) is 7. The lowest BCUT2D eigenvalue weighted by atomic mass is 10.00. The predicted molar refractivity (Wildman–Crippen MR) is 115 cm³/mol. The molecule has 9 nitrogen and oxygen atoms in total. The fraction of sp³-hybridized carbons (Fsp3) is 0.429. The number of aromatic nitrogens is 1. The van der Waals surface area contributed by atoms with Crippen LogP contribution in [-0.4, -0.2) is 90.2 Å². The lowest BCUT2D eigenvalue weighted by Gasteiger charge is -2.31. The van der Waals surface area contributed by atoms with Gasteiger partial charge in [0.2, 0.25) is 10.0 Å². The number of amides is 1. The molecule has 0 saturated carbocycles. The first kappa shape index (κ1) is 23.3. The van der Waals surface area contributed by atoms with Crippen LogP contribution in [0.15, 0.2) is 59.6 Å². The summed E-state index contributed by atoms with van der Waals surface area (Å²) in [4.78, 5) is 17.9. The van der Waals surface area contributed by atoms with E-state index in [0.717, 1.165) is 4.31 Å². The van der Waals surface area contributed by atoms with Crippen LogP contribution in [0, 0.1) is 0 Å². The fourth-order valence-electron chi connectivity index (χ4n) is 3.60. The van der Waals surface area contributed by atoms with Gasteiger partial charge in [0.1, 0.15) is 11.3 Å². The lowest BCUT2D eigenvalue weighted by Crippen LogP contribution is -2.51. The van der Waals surface area contributed by atoms with Crippen molar-refractivity contribution in [2.45, 2.75) is 23.0 Å². The Morgan fingerprint density at radius 1 is 1.26 bits per heavy atom. The minimum Gasteiger partial charge on any atom is -0.389 e. The van der Waals surface area contributed by atoms with Gasteiger partial charge in [0.15, 0.2) is 0 Å². The zero-order chi connectivity index (χ0) is 22.5. The van der Waals surface area contributed by atoms with E-state index in [4.69, 9.17) is 0 Å². The van der Waals surface area contributed by atoms with Gasteiger partial charge >= 0.3 is 0 Å². The zero-order valence-corrected chi connectivity index (χ0v) is 18.2. The fourth-order valence-corrected chi connectivity index (χ4v) is 5.13. The van der Waals surface area contributed by atoms with Crippen LogP contribution in [0.1, 0.15) is 16.9 Å². The first-order valence-corrected chi connectivity index (χ1v) is 11.5. The molecule has 1 amide bonds. The molecule has 31 heavy (non-hydrogen) atoms. The molecule has 2 heterocycles. The van der Waals surface area contributed by atoms with Gasteiger partial charge in [0, 0.05) is 32.4 Å². The maximum Gasteiger partial charge on any atom is 0.269 e. The molecule has 0 bridgehead atoms. The van der Waals surface area contributed by atoms with E-state index in [1.54, 1.807) is 49.6 Å². The predicted octanol–water partition coefficient (Wildman–Crippen LogP) is -0.0702. The molecule has 2 aromatic rings. The molecule has 2 atom stereocenters. The summed E-state index contributed by atoms with van der Waals surface area (Å²) in [5.74, 6) is -0.255. The molecule has 1 aliphatic rings. The largest absolute Gasteiger partial charge is 0.389 e. The summed E-state index contributed by atoms with van der Waals surface area (Å²) in [6.45, 7) is 0.717. The molecule has 0 radical (unpaired) electrons. The number of aliphatic hydroxyl groups excluding tert-OH is 1. The summed E-state index contributed by atoms with van der Waals surface area (Å²) in [6.07, 6.45) is 0.975. The molecule has 3 rings (SSSR count). The van der Waals surface area contributed by atoms with Crippen molar-refractivity contribution in [2.24, 2.45) is 0 Å². The number of benzene rings is 1. The van der Waals surface area contributed by atoms with Crippen molar-refractivity contribution < 1.29 is 23.4 Å². The van der Waals surface area contributed by atoms with E-state index < -0.39 is 21.7 Å². The molecule has 1 aliphatic heterocycles. The first-order valence-electron chi connectivity index (χ1n) is 10.1. The second kappa shape index (κ2) is 9.84. The molecule has 0 aliphatic carbocycles. The van der Waals surface area contributed by atoms with Crippen molar-refractivity contribution in [1.29, 1.82) is 0 Å². The van der Waals surface area contributed by atoms with Crippen LogP contribution in [0.5, 0.6) is 0 Å². The Labute approximate surface area is 182 Å². The number of nitrogens with one attached hydrogen (secondary N) is 1. The Bertz CT molecular complexity index is 974. The van der Waals surface area contributed by atoms with E-state index in [2.05, 4.69) is 10.3 Å². The Kier molecular flexibility index (Phi) is 7.39. The second-order valence-corrected chi connectivity index (χ2v) is 9.73. The highest BCUT2D eigenvalue weighted by Crippen LogP contribution is 2.28. The third-order valence-electron chi connectivity index (χ3n) is 5.27. The van der Waals surface area contributed by atoms with Crippen LogP contribution in [-0.2, 0) is 10.0 Å². The normalized spacial score (nSPS) is 22.0. The molecule has 1 fully saturated rings. The quantitative estimate of drug-likeness (QED) is 0.459. The van der Waals surface area contributed by atoms with E-state index in [-0.39, 0.29) is 30.4 Å². The minimum absolute atomic E-state index is 0.100. The van der Waals surface area contributed by atoms with E-state index in [9.17, 15) is 23.4 Å². The molecule has 0 unspecified atom stereocenters. The molecule has 10 heteroatoms. The standard InChI is InChI=1S/C21H28N4O5S/c1-24(13-7-12-23-20(27)18-10-5-6-11-22-18)15-21(28)16-25(14-19(21)26)31(29,30)17-8-3-2-4-9-17/h2-6,8-11,19,26,28H,7,12-16H2,1H3,(H,23,27)/t19-,21+/m1/s1. The summed E-state index contributed by atoms with van der Waals surface area (Å²) < 4.78 is 26.7. The van der Waals surface area contributed by atoms with Crippen LogP contribution in [0.25, 0.3) is 0 Å². The van der Waals surface area contributed by atoms with E-state index in [1.807, 2.05) is 4.90 Å². The highest BCUT2D eigenvalue weighted by atomic mass is 32.2. The topological polar surface area (TPSA) is 123 Å². The summed E-state index contributed by atoms with van der Waals surface area (Å²) in [7, 11) is -2.02. The number of rotatable bonds is 9. The molecule has 3 N–H and O–H groups in total. The van der Waals surface area contributed by atoms with Crippen LogP contribution < -0.4 is 5.32 Å².